The second kappa shape index (κ2) is 11.9. The molecule has 0 spiro atoms. The SMILES string of the molecule is CC(C)(C)[Si](Oc1cccc(F)c1-c1cc2c(C3CC3)nnc(N3CCNCC3)c2cc1Cl)(c1ccccc1)c1ccccc1. The first-order valence-electron chi connectivity index (χ1n) is 15.8. The Morgan fingerprint density at radius 1 is 0.844 bits per heavy atom. The van der Waals surface area contributed by atoms with Crippen LogP contribution in [0.5, 0.6) is 5.75 Å². The number of anilines is 1. The molecule has 1 aliphatic carbocycles. The van der Waals surface area contributed by atoms with Crippen LogP contribution in [-0.2, 0) is 0 Å². The van der Waals surface area contributed by atoms with E-state index >= 15 is 4.39 Å². The minimum Gasteiger partial charge on any atom is -0.533 e. The Morgan fingerprint density at radius 2 is 1.49 bits per heavy atom. The minimum atomic E-state index is -3.04. The van der Waals surface area contributed by atoms with Crippen molar-refractivity contribution in [2.24, 2.45) is 0 Å². The van der Waals surface area contributed by atoms with Crippen LogP contribution in [0.4, 0.5) is 10.2 Å². The molecule has 2 heterocycles. The fraction of sp³-hybridized carbons (Fsp3) is 0.297. The molecule has 1 saturated carbocycles. The van der Waals surface area contributed by atoms with Gasteiger partial charge in [0.05, 0.1) is 11.3 Å². The number of benzene rings is 4. The van der Waals surface area contributed by atoms with Gasteiger partial charge in [0.25, 0.3) is 0 Å². The topological polar surface area (TPSA) is 50.3 Å². The molecule has 2 aliphatic rings. The van der Waals surface area contributed by atoms with Crippen LogP contribution in [0.25, 0.3) is 21.9 Å². The fourth-order valence-electron chi connectivity index (χ4n) is 6.80. The standard InChI is InChI=1S/C37H38ClFN4OSi/c1-37(2,3)45(26-11-6-4-7-12-26,27-13-8-5-9-14-27)44-33-16-10-15-32(39)34(33)30-23-28-29(24-31(30)38)36(43-21-19-40-20-22-43)42-41-35(28)25-17-18-25/h4-16,23-25,40H,17-22H2,1-3H3. The quantitative estimate of drug-likeness (QED) is 0.190. The van der Waals surface area contributed by atoms with Gasteiger partial charge in [0.15, 0.2) is 5.82 Å². The highest BCUT2D eigenvalue weighted by Gasteiger charge is 2.52. The largest absolute Gasteiger partial charge is 0.533 e. The zero-order valence-electron chi connectivity index (χ0n) is 26.0. The third kappa shape index (κ3) is 5.41. The number of nitrogens with zero attached hydrogens (tertiary/aromatic N) is 3. The normalized spacial score (nSPS) is 15.8. The molecule has 7 rings (SSSR count). The summed E-state index contributed by atoms with van der Waals surface area (Å²) >= 11 is 7.15. The summed E-state index contributed by atoms with van der Waals surface area (Å²) in [4.78, 5) is 2.26. The molecule has 5 aromatic rings. The second-order valence-corrected chi connectivity index (χ2v) is 17.8. The van der Waals surface area contributed by atoms with Crippen LogP contribution in [0.2, 0.25) is 10.1 Å². The highest BCUT2D eigenvalue weighted by Crippen LogP contribution is 2.47. The van der Waals surface area contributed by atoms with E-state index in [1.54, 1.807) is 6.07 Å². The van der Waals surface area contributed by atoms with Crippen molar-refractivity contribution in [1.29, 1.82) is 0 Å². The lowest BCUT2D eigenvalue weighted by Gasteiger charge is -2.43. The molecule has 0 bridgehead atoms. The number of aromatic nitrogens is 2. The van der Waals surface area contributed by atoms with E-state index in [0.717, 1.165) is 71.7 Å². The van der Waals surface area contributed by atoms with Gasteiger partial charge in [0.1, 0.15) is 11.6 Å². The summed E-state index contributed by atoms with van der Waals surface area (Å²) in [6.45, 7) is 10.1. The first kappa shape index (κ1) is 29.9. The summed E-state index contributed by atoms with van der Waals surface area (Å²) in [6, 6.07) is 29.9. The molecule has 45 heavy (non-hydrogen) atoms. The predicted octanol–water partition coefficient (Wildman–Crippen LogP) is 7.32. The Labute approximate surface area is 270 Å². The van der Waals surface area contributed by atoms with E-state index in [-0.39, 0.29) is 10.9 Å². The summed E-state index contributed by atoms with van der Waals surface area (Å²) in [5, 5.41) is 17.2. The molecule has 1 aromatic heterocycles. The van der Waals surface area contributed by atoms with Crippen molar-refractivity contribution >= 4 is 46.9 Å². The molecule has 0 radical (unpaired) electrons. The molecule has 0 atom stereocenters. The molecule has 5 nitrogen and oxygen atoms in total. The van der Waals surface area contributed by atoms with E-state index in [1.807, 2.05) is 30.3 Å². The first-order chi connectivity index (χ1) is 21.8. The first-order valence-corrected chi connectivity index (χ1v) is 18.1. The highest BCUT2D eigenvalue weighted by atomic mass is 35.5. The van der Waals surface area contributed by atoms with E-state index in [4.69, 9.17) is 26.2 Å². The summed E-state index contributed by atoms with van der Waals surface area (Å²) in [5.41, 5.74) is 1.95. The van der Waals surface area contributed by atoms with Crippen LogP contribution in [0.1, 0.15) is 45.2 Å². The molecule has 2 fully saturated rings. The van der Waals surface area contributed by atoms with E-state index in [9.17, 15) is 0 Å². The van der Waals surface area contributed by atoms with Gasteiger partial charge in [-0.2, -0.15) is 5.10 Å². The predicted molar refractivity (Wildman–Crippen MR) is 185 cm³/mol. The van der Waals surface area contributed by atoms with E-state index in [2.05, 4.69) is 79.5 Å². The maximum absolute atomic E-state index is 16.3. The molecule has 230 valence electrons. The third-order valence-corrected chi connectivity index (χ3v) is 14.4. The van der Waals surface area contributed by atoms with Gasteiger partial charge in [0.2, 0.25) is 0 Å². The van der Waals surface area contributed by atoms with Gasteiger partial charge in [-0.1, -0.05) is 99.1 Å². The van der Waals surface area contributed by atoms with Crippen molar-refractivity contribution in [2.75, 3.05) is 31.1 Å². The number of piperazine rings is 1. The number of nitrogens with one attached hydrogen (secondary N) is 1. The zero-order chi connectivity index (χ0) is 31.2. The molecule has 0 unspecified atom stereocenters. The van der Waals surface area contributed by atoms with Crippen LogP contribution in [0, 0.1) is 5.82 Å². The zero-order valence-corrected chi connectivity index (χ0v) is 27.7. The van der Waals surface area contributed by atoms with E-state index < -0.39 is 8.32 Å². The lowest BCUT2D eigenvalue weighted by Crippen LogP contribution is -2.68. The van der Waals surface area contributed by atoms with Crippen LogP contribution in [0.15, 0.2) is 91.0 Å². The Hall–Kier alpha value is -3.78. The Bertz CT molecular complexity index is 1800. The van der Waals surface area contributed by atoms with Crippen LogP contribution < -0.4 is 25.0 Å². The molecule has 1 aliphatic heterocycles. The molecular weight excluding hydrogens is 599 g/mol. The number of halogens is 2. The van der Waals surface area contributed by atoms with Gasteiger partial charge in [0, 0.05) is 53.5 Å². The van der Waals surface area contributed by atoms with Crippen molar-refractivity contribution in [3.63, 3.8) is 0 Å². The van der Waals surface area contributed by atoms with Gasteiger partial charge in [-0.3, -0.25) is 0 Å². The van der Waals surface area contributed by atoms with Crippen molar-refractivity contribution in [3.8, 4) is 16.9 Å². The van der Waals surface area contributed by atoms with Gasteiger partial charge < -0.3 is 14.6 Å². The van der Waals surface area contributed by atoms with Gasteiger partial charge in [-0.05, 0) is 52.5 Å². The molecule has 1 saturated heterocycles. The second-order valence-electron chi connectivity index (χ2n) is 13.2. The average molecular weight is 637 g/mol. The van der Waals surface area contributed by atoms with E-state index in [0.29, 0.717) is 27.8 Å². The van der Waals surface area contributed by atoms with Gasteiger partial charge in [-0.25, -0.2) is 4.39 Å². The lowest BCUT2D eigenvalue weighted by atomic mass is 9.98. The fourth-order valence-corrected chi connectivity index (χ4v) is 11.5. The molecule has 8 heteroatoms. The van der Waals surface area contributed by atoms with Crippen LogP contribution in [-0.4, -0.2) is 44.7 Å². The minimum absolute atomic E-state index is 0.292. The summed E-state index contributed by atoms with van der Waals surface area (Å²) in [6.07, 6.45) is 2.16. The van der Waals surface area contributed by atoms with Crippen molar-refractivity contribution in [3.05, 3.63) is 108 Å². The Balaban J connectivity index is 1.44. The van der Waals surface area contributed by atoms with Gasteiger partial charge in [-0.15, -0.1) is 5.10 Å². The smallest absolute Gasteiger partial charge is 0.319 e. The highest BCUT2D eigenvalue weighted by molar-refractivity contribution is 7.00. The van der Waals surface area contributed by atoms with Crippen molar-refractivity contribution in [2.45, 2.75) is 44.6 Å². The lowest BCUT2D eigenvalue weighted by molar-refractivity contribution is 0.504. The molecule has 1 N–H and O–H groups in total. The average Bonchev–Trinajstić information content (AvgIpc) is 3.89. The summed E-state index contributed by atoms with van der Waals surface area (Å²) < 4.78 is 23.6. The molecule has 4 aromatic carbocycles. The third-order valence-electron chi connectivity index (χ3n) is 9.18. The number of fused-ring (bicyclic) bond motifs is 1. The van der Waals surface area contributed by atoms with Crippen molar-refractivity contribution in [1.82, 2.24) is 15.5 Å². The maximum atomic E-state index is 16.3. The van der Waals surface area contributed by atoms with Gasteiger partial charge >= 0.3 is 8.32 Å². The van der Waals surface area contributed by atoms with Crippen LogP contribution >= 0.6 is 11.6 Å². The monoisotopic (exact) mass is 636 g/mol. The van der Waals surface area contributed by atoms with Crippen molar-refractivity contribution < 1.29 is 8.82 Å². The summed E-state index contributed by atoms with van der Waals surface area (Å²) in [7, 11) is -3.04. The number of hydrogen-bond acceptors (Lipinski definition) is 5. The Kier molecular flexibility index (Phi) is 7.88. The Morgan fingerprint density at radius 3 is 2.09 bits per heavy atom. The maximum Gasteiger partial charge on any atom is 0.319 e. The summed E-state index contributed by atoms with van der Waals surface area (Å²) in [5.74, 6) is 1.31. The molecular formula is C37H38ClFN4OSi. The number of hydrogen-bond donors (Lipinski definition) is 1. The van der Waals surface area contributed by atoms with E-state index in [1.165, 1.54) is 6.07 Å². The number of rotatable bonds is 7. The molecule has 0 amide bonds. The van der Waals surface area contributed by atoms with Crippen LogP contribution in [0.3, 0.4) is 0 Å².